The largest absolute Gasteiger partial charge is 0.317 e. The van der Waals surface area contributed by atoms with Gasteiger partial charge < -0.3 is 5.73 Å². The summed E-state index contributed by atoms with van der Waals surface area (Å²) in [4.78, 5) is 25.9. The molecule has 2 aliphatic rings. The molecule has 2 atom stereocenters. The van der Waals surface area contributed by atoms with E-state index in [0.717, 1.165) is 11.3 Å². The number of Topliss-reactive ketones (excluding diaryl/α,β-unsaturated/α-hetero) is 1. The average molecular weight is 268 g/mol. The average Bonchev–Trinajstić information content (AvgIpc) is 2.34. The lowest BCUT2D eigenvalue weighted by atomic mass is 9.92. The summed E-state index contributed by atoms with van der Waals surface area (Å²) < 4.78 is 0. The summed E-state index contributed by atoms with van der Waals surface area (Å²) in [6.07, 6.45) is 0. The molecule has 2 rings (SSSR count). The zero-order valence-corrected chi connectivity index (χ0v) is 12.1. The minimum Gasteiger partial charge on any atom is -0.317 e. The number of allylic oxidation sites excluding steroid dienone is 1. The lowest BCUT2D eigenvalue weighted by Gasteiger charge is -2.49. The molecule has 0 aromatic carbocycles. The molecule has 0 aliphatic carbocycles. The van der Waals surface area contributed by atoms with Gasteiger partial charge in [-0.15, -0.1) is 11.8 Å². The van der Waals surface area contributed by atoms with Gasteiger partial charge in [-0.3, -0.25) is 14.5 Å². The van der Waals surface area contributed by atoms with Gasteiger partial charge in [-0.25, -0.2) is 0 Å². The number of fused-ring (bicyclic) bond motifs is 1. The van der Waals surface area contributed by atoms with E-state index in [2.05, 4.69) is 13.8 Å². The van der Waals surface area contributed by atoms with Crippen LogP contribution in [0.2, 0.25) is 0 Å². The summed E-state index contributed by atoms with van der Waals surface area (Å²) in [5, 5.41) is -0.0438. The van der Waals surface area contributed by atoms with Gasteiger partial charge in [0.1, 0.15) is 11.4 Å². The van der Waals surface area contributed by atoms with E-state index in [1.54, 1.807) is 16.7 Å². The Morgan fingerprint density at radius 1 is 1.39 bits per heavy atom. The topological polar surface area (TPSA) is 63.4 Å². The Hall–Kier alpha value is -0.810. The van der Waals surface area contributed by atoms with E-state index in [4.69, 9.17) is 5.73 Å². The smallest absolute Gasteiger partial charge is 0.248 e. The van der Waals surface area contributed by atoms with Gasteiger partial charge in [0.25, 0.3) is 0 Å². The molecule has 2 heterocycles. The van der Waals surface area contributed by atoms with Crippen molar-refractivity contribution in [3.8, 4) is 0 Å². The van der Waals surface area contributed by atoms with Crippen molar-refractivity contribution < 1.29 is 9.59 Å². The molecular weight excluding hydrogens is 248 g/mol. The molecule has 0 bridgehead atoms. The van der Waals surface area contributed by atoms with Gasteiger partial charge in [-0.05, 0) is 11.5 Å². The number of ketones is 1. The molecule has 1 fully saturated rings. The highest BCUT2D eigenvalue weighted by molar-refractivity contribution is 8.00. The molecule has 2 N–H and O–H groups in total. The zero-order valence-electron chi connectivity index (χ0n) is 11.3. The Morgan fingerprint density at radius 3 is 2.50 bits per heavy atom. The highest BCUT2D eigenvalue weighted by atomic mass is 32.2. The van der Waals surface area contributed by atoms with E-state index in [1.165, 1.54) is 0 Å². The van der Waals surface area contributed by atoms with Crippen LogP contribution >= 0.6 is 11.8 Å². The molecule has 2 aliphatic heterocycles. The van der Waals surface area contributed by atoms with E-state index in [1.807, 2.05) is 13.8 Å². The molecule has 0 aromatic heterocycles. The Labute approximate surface area is 112 Å². The SMILES string of the molecule is CC(C)C(=O)C1=C(C(C)C)CS[C@@H]2[C@H](N)C(=O)N12. The Kier molecular flexibility index (Phi) is 3.56. The van der Waals surface area contributed by atoms with Gasteiger partial charge in [0.05, 0.1) is 5.70 Å². The highest BCUT2D eigenvalue weighted by Gasteiger charge is 2.51. The molecule has 18 heavy (non-hydrogen) atoms. The van der Waals surface area contributed by atoms with E-state index in [-0.39, 0.29) is 28.9 Å². The minimum absolute atomic E-state index is 0.0438. The number of nitrogens with zero attached hydrogens (tertiary/aromatic N) is 1. The van der Waals surface area contributed by atoms with Crippen LogP contribution in [0.25, 0.3) is 0 Å². The summed E-state index contributed by atoms with van der Waals surface area (Å²) in [6.45, 7) is 7.87. The lowest BCUT2D eigenvalue weighted by Crippen LogP contribution is -2.68. The van der Waals surface area contributed by atoms with Crippen molar-refractivity contribution in [1.29, 1.82) is 0 Å². The second-order valence-electron chi connectivity index (χ2n) is 5.48. The van der Waals surface area contributed by atoms with Crippen molar-refractivity contribution in [3.63, 3.8) is 0 Å². The number of rotatable bonds is 3. The first-order chi connectivity index (χ1) is 8.36. The van der Waals surface area contributed by atoms with Crippen LogP contribution in [0.1, 0.15) is 27.7 Å². The summed E-state index contributed by atoms with van der Waals surface area (Å²) >= 11 is 1.66. The minimum atomic E-state index is -0.446. The van der Waals surface area contributed by atoms with Crippen molar-refractivity contribution in [1.82, 2.24) is 4.90 Å². The Balaban J connectivity index is 2.43. The third-order valence-electron chi connectivity index (χ3n) is 3.49. The summed E-state index contributed by atoms with van der Waals surface area (Å²) in [5.41, 5.74) is 7.49. The quantitative estimate of drug-likeness (QED) is 0.785. The summed E-state index contributed by atoms with van der Waals surface area (Å²) in [5.74, 6) is 0.926. The zero-order chi connectivity index (χ0) is 13.6. The third kappa shape index (κ3) is 1.89. The summed E-state index contributed by atoms with van der Waals surface area (Å²) in [7, 11) is 0. The van der Waals surface area contributed by atoms with Crippen molar-refractivity contribution in [2.24, 2.45) is 17.6 Å². The van der Waals surface area contributed by atoms with Crippen LogP contribution in [0, 0.1) is 11.8 Å². The van der Waals surface area contributed by atoms with Gasteiger partial charge in [0, 0.05) is 11.7 Å². The lowest BCUT2D eigenvalue weighted by molar-refractivity contribution is -0.144. The highest BCUT2D eigenvalue weighted by Crippen LogP contribution is 2.42. The number of amides is 1. The van der Waals surface area contributed by atoms with Crippen LogP contribution in [0.15, 0.2) is 11.3 Å². The predicted octanol–water partition coefficient (Wildman–Crippen LogP) is 1.36. The molecule has 0 saturated carbocycles. The first kappa shape index (κ1) is 13.6. The molecule has 0 aromatic rings. The molecule has 4 nitrogen and oxygen atoms in total. The van der Waals surface area contributed by atoms with E-state index in [9.17, 15) is 9.59 Å². The first-order valence-corrected chi connectivity index (χ1v) is 7.38. The second kappa shape index (κ2) is 4.70. The predicted molar refractivity (Wildman–Crippen MR) is 72.8 cm³/mol. The van der Waals surface area contributed by atoms with Crippen molar-refractivity contribution >= 4 is 23.5 Å². The van der Waals surface area contributed by atoms with Crippen LogP contribution in [-0.2, 0) is 9.59 Å². The molecule has 5 heteroatoms. The number of β-lactam (4-membered cyclic amide) rings is 1. The fourth-order valence-electron chi connectivity index (χ4n) is 2.29. The van der Waals surface area contributed by atoms with Crippen LogP contribution < -0.4 is 5.73 Å². The Bertz CT molecular complexity index is 429. The van der Waals surface area contributed by atoms with Crippen LogP contribution in [0.4, 0.5) is 0 Å². The van der Waals surface area contributed by atoms with Crippen LogP contribution in [0.5, 0.6) is 0 Å². The van der Waals surface area contributed by atoms with Gasteiger partial charge in [-0.2, -0.15) is 0 Å². The number of thioether (sulfide) groups is 1. The van der Waals surface area contributed by atoms with Crippen LogP contribution in [-0.4, -0.2) is 33.8 Å². The molecular formula is C13H20N2O2S. The molecule has 100 valence electrons. The Morgan fingerprint density at radius 2 is 2.00 bits per heavy atom. The fourth-order valence-corrected chi connectivity index (χ4v) is 3.79. The van der Waals surface area contributed by atoms with Gasteiger partial charge in [0.15, 0.2) is 5.78 Å². The molecule has 0 radical (unpaired) electrons. The molecule has 0 spiro atoms. The van der Waals surface area contributed by atoms with Gasteiger partial charge in [-0.1, -0.05) is 27.7 Å². The first-order valence-electron chi connectivity index (χ1n) is 6.33. The molecule has 1 saturated heterocycles. The number of nitrogens with two attached hydrogens (primary N) is 1. The fraction of sp³-hybridized carbons (Fsp3) is 0.692. The van der Waals surface area contributed by atoms with Crippen molar-refractivity contribution in [2.75, 3.05) is 5.75 Å². The van der Waals surface area contributed by atoms with Crippen LogP contribution in [0.3, 0.4) is 0 Å². The van der Waals surface area contributed by atoms with Crippen molar-refractivity contribution in [2.45, 2.75) is 39.1 Å². The van der Waals surface area contributed by atoms with Crippen molar-refractivity contribution in [3.05, 3.63) is 11.3 Å². The van der Waals surface area contributed by atoms with E-state index >= 15 is 0 Å². The summed E-state index contributed by atoms with van der Waals surface area (Å²) in [6, 6.07) is -0.446. The standard InChI is InChI=1S/C13H20N2O2S/c1-6(2)8-5-18-13-9(14)12(17)15(13)10(8)11(16)7(3)4/h6-7,9,13H,5,14H2,1-4H3/t9-,13-/m1/s1. The maximum Gasteiger partial charge on any atom is 0.248 e. The van der Waals surface area contributed by atoms with Gasteiger partial charge in [0.2, 0.25) is 5.91 Å². The maximum absolute atomic E-state index is 12.4. The molecule has 1 amide bonds. The van der Waals surface area contributed by atoms with E-state index < -0.39 is 6.04 Å². The number of carbonyl (C=O) groups excluding carboxylic acids is 2. The van der Waals surface area contributed by atoms with E-state index in [0.29, 0.717) is 5.70 Å². The number of carbonyl (C=O) groups is 2. The number of hydrogen-bond donors (Lipinski definition) is 1. The van der Waals surface area contributed by atoms with Gasteiger partial charge >= 0.3 is 0 Å². The second-order valence-corrected chi connectivity index (χ2v) is 6.59. The number of hydrogen-bond acceptors (Lipinski definition) is 4. The third-order valence-corrected chi connectivity index (χ3v) is 4.82. The monoisotopic (exact) mass is 268 g/mol. The molecule has 0 unspecified atom stereocenters. The maximum atomic E-state index is 12.4. The normalized spacial score (nSPS) is 27.7.